The molecule has 2 fully saturated rings. The number of hydroxylamine groups is 1. The number of amides is 1. The Labute approximate surface area is 204 Å². The van der Waals surface area contributed by atoms with Gasteiger partial charge in [-0.2, -0.15) is 4.31 Å². The topological polar surface area (TPSA) is 142 Å². The van der Waals surface area contributed by atoms with E-state index in [9.17, 15) is 18.6 Å². The Kier molecular flexibility index (Phi) is 9.23. The van der Waals surface area contributed by atoms with Crippen molar-refractivity contribution in [2.75, 3.05) is 33.4 Å². The monoisotopic (exact) mass is 510 g/mol. The molecule has 11 nitrogen and oxygen atoms in total. The molecule has 13 heteroatoms. The van der Waals surface area contributed by atoms with Gasteiger partial charge < -0.3 is 14.6 Å². The molecular formula is C22H27FN4O7S. The first kappa shape index (κ1) is 26.6. The highest BCUT2D eigenvalue weighted by Gasteiger charge is 2.58. The van der Waals surface area contributed by atoms with Gasteiger partial charge in [0.2, 0.25) is 5.88 Å². The Morgan fingerprint density at radius 3 is 2.66 bits per heavy atom. The number of methoxy groups -OCH3 is 1. The summed E-state index contributed by atoms with van der Waals surface area (Å²) >= 11 is 0. The first-order valence-electron chi connectivity index (χ1n) is 10.7. The number of nitrogens with zero attached hydrogens (tertiary/aromatic N) is 3. The van der Waals surface area contributed by atoms with Gasteiger partial charge in [-0.25, -0.2) is 19.1 Å². The van der Waals surface area contributed by atoms with Crippen molar-refractivity contribution in [3.63, 3.8) is 0 Å². The van der Waals surface area contributed by atoms with Crippen molar-refractivity contribution < 1.29 is 38.0 Å². The number of benzene rings is 1. The van der Waals surface area contributed by atoms with Crippen molar-refractivity contribution >= 4 is 23.4 Å². The SMILES string of the molecule is COCCN1CC2CCC(C(=O)NO)(C1)N2S(=O)c1ccc(Oc2ccc(F)cc2)nc1.O=CO. The van der Waals surface area contributed by atoms with Gasteiger partial charge in [-0.15, -0.1) is 0 Å². The van der Waals surface area contributed by atoms with Crippen LogP contribution in [0.4, 0.5) is 4.39 Å². The van der Waals surface area contributed by atoms with Crippen LogP contribution in [0.5, 0.6) is 11.6 Å². The quantitative estimate of drug-likeness (QED) is 0.273. The van der Waals surface area contributed by atoms with Crippen molar-refractivity contribution in [1.82, 2.24) is 19.7 Å². The Morgan fingerprint density at radius 2 is 2.06 bits per heavy atom. The highest BCUT2D eigenvalue weighted by Crippen LogP contribution is 2.42. The zero-order valence-corrected chi connectivity index (χ0v) is 19.8. The fraction of sp³-hybridized carbons (Fsp3) is 0.409. The molecule has 1 aromatic carbocycles. The summed E-state index contributed by atoms with van der Waals surface area (Å²) in [6, 6.07) is 8.63. The number of carbonyl (C=O) groups excluding carboxylic acids is 1. The number of likely N-dealkylation sites (tertiary alicyclic amines) is 1. The normalized spacial score (nSPS) is 22.5. The van der Waals surface area contributed by atoms with E-state index in [2.05, 4.69) is 9.88 Å². The molecule has 1 aromatic heterocycles. The number of fused-ring (bicyclic) bond motifs is 2. The van der Waals surface area contributed by atoms with Crippen molar-refractivity contribution in [3.8, 4) is 11.6 Å². The maximum Gasteiger partial charge on any atom is 0.290 e. The highest BCUT2D eigenvalue weighted by molar-refractivity contribution is 7.82. The molecule has 4 rings (SSSR count). The Bertz CT molecular complexity index is 1030. The number of carboxylic acid groups (broad SMARTS) is 1. The molecule has 2 aliphatic rings. The van der Waals surface area contributed by atoms with Crippen LogP contribution in [0.15, 0.2) is 47.5 Å². The minimum atomic E-state index is -1.67. The number of rotatable bonds is 8. The van der Waals surface area contributed by atoms with Gasteiger partial charge in [-0.3, -0.25) is 19.7 Å². The zero-order chi connectivity index (χ0) is 25.4. The molecule has 0 saturated carbocycles. The molecule has 0 spiro atoms. The molecule has 3 atom stereocenters. The molecule has 2 aliphatic heterocycles. The summed E-state index contributed by atoms with van der Waals surface area (Å²) < 4.78 is 39.0. The average molecular weight is 511 g/mol. The number of aromatic nitrogens is 1. The van der Waals surface area contributed by atoms with E-state index in [-0.39, 0.29) is 24.2 Å². The van der Waals surface area contributed by atoms with Crippen molar-refractivity contribution in [1.29, 1.82) is 0 Å². The lowest BCUT2D eigenvalue weighted by molar-refractivity contribution is -0.141. The second-order valence-electron chi connectivity index (χ2n) is 7.96. The van der Waals surface area contributed by atoms with E-state index < -0.39 is 22.4 Å². The fourth-order valence-corrected chi connectivity index (χ4v) is 5.92. The third kappa shape index (κ3) is 6.00. The van der Waals surface area contributed by atoms with Gasteiger partial charge in [0.05, 0.1) is 11.5 Å². The molecule has 3 N–H and O–H groups in total. The summed E-state index contributed by atoms with van der Waals surface area (Å²) in [5.41, 5.74) is 0.660. The number of hydrogen-bond acceptors (Lipinski definition) is 8. The molecule has 2 bridgehead atoms. The summed E-state index contributed by atoms with van der Waals surface area (Å²) in [4.78, 5) is 27.8. The molecular weight excluding hydrogens is 483 g/mol. The average Bonchev–Trinajstić information content (AvgIpc) is 3.11. The lowest BCUT2D eigenvalue weighted by Crippen LogP contribution is -2.67. The highest BCUT2D eigenvalue weighted by atomic mass is 32.2. The van der Waals surface area contributed by atoms with E-state index >= 15 is 0 Å². The van der Waals surface area contributed by atoms with Crippen molar-refractivity contribution in [3.05, 3.63) is 48.4 Å². The maximum absolute atomic E-state index is 13.5. The number of hydrogen-bond donors (Lipinski definition) is 3. The summed E-state index contributed by atoms with van der Waals surface area (Å²) in [5, 5.41) is 16.3. The van der Waals surface area contributed by atoms with Crippen LogP contribution in [0.3, 0.4) is 0 Å². The van der Waals surface area contributed by atoms with Gasteiger partial charge in [-0.1, -0.05) is 0 Å². The zero-order valence-electron chi connectivity index (χ0n) is 19.0. The lowest BCUT2D eigenvalue weighted by Gasteiger charge is -2.46. The minimum Gasteiger partial charge on any atom is -0.483 e. The Hall–Kier alpha value is -2.97. The molecule has 2 aromatic rings. The minimum absolute atomic E-state index is 0.117. The van der Waals surface area contributed by atoms with E-state index in [0.717, 1.165) is 0 Å². The van der Waals surface area contributed by atoms with Crippen LogP contribution in [0.25, 0.3) is 0 Å². The van der Waals surface area contributed by atoms with Crippen LogP contribution in [-0.4, -0.2) is 86.0 Å². The van der Waals surface area contributed by atoms with E-state index in [1.54, 1.807) is 29.0 Å². The summed E-state index contributed by atoms with van der Waals surface area (Å²) in [6.07, 6.45) is 2.61. The van der Waals surface area contributed by atoms with E-state index in [1.165, 1.54) is 30.5 Å². The van der Waals surface area contributed by atoms with Gasteiger partial charge in [0, 0.05) is 45.0 Å². The predicted octanol–water partition coefficient (Wildman–Crippen LogP) is 1.41. The number of halogens is 1. The van der Waals surface area contributed by atoms with E-state index in [1.807, 2.05) is 0 Å². The van der Waals surface area contributed by atoms with Crippen LogP contribution in [0, 0.1) is 5.82 Å². The van der Waals surface area contributed by atoms with Crippen molar-refractivity contribution in [2.24, 2.45) is 0 Å². The fourth-order valence-electron chi connectivity index (χ4n) is 4.37. The molecule has 3 heterocycles. The third-order valence-electron chi connectivity index (χ3n) is 5.86. The number of carbonyl (C=O) groups is 2. The van der Waals surface area contributed by atoms with Gasteiger partial charge in [0.15, 0.2) is 0 Å². The lowest BCUT2D eigenvalue weighted by atomic mass is 9.96. The number of piperazine rings is 1. The number of ether oxygens (including phenoxy) is 2. The molecule has 0 aliphatic carbocycles. The van der Waals surface area contributed by atoms with Crippen molar-refractivity contribution in [2.45, 2.75) is 29.3 Å². The van der Waals surface area contributed by atoms with Gasteiger partial charge in [0.1, 0.15) is 28.1 Å². The first-order valence-corrected chi connectivity index (χ1v) is 11.8. The van der Waals surface area contributed by atoms with Gasteiger partial charge in [-0.05, 0) is 43.2 Å². The summed E-state index contributed by atoms with van der Waals surface area (Å²) in [5.74, 6) is -0.238. The first-order chi connectivity index (χ1) is 16.9. The smallest absolute Gasteiger partial charge is 0.290 e. The largest absolute Gasteiger partial charge is 0.483 e. The maximum atomic E-state index is 13.5. The number of pyridine rings is 1. The van der Waals surface area contributed by atoms with E-state index in [4.69, 9.17) is 19.4 Å². The molecule has 0 radical (unpaired) electrons. The molecule has 2 saturated heterocycles. The molecule has 3 unspecified atom stereocenters. The van der Waals surface area contributed by atoms with Crippen LogP contribution in [-0.2, 0) is 25.3 Å². The van der Waals surface area contributed by atoms with Crippen LogP contribution >= 0.6 is 0 Å². The third-order valence-corrected chi connectivity index (χ3v) is 7.51. The predicted molar refractivity (Wildman–Crippen MR) is 122 cm³/mol. The molecule has 190 valence electrons. The second-order valence-corrected chi connectivity index (χ2v) is 9.32. The Balaban J connectivity index is 0.00000108. The van der Waals surface area contributed by atoms with Crippen LogP contribution in [0.1, 0.15) is 12.8 Å². The summed E-state index contributed by atoms with van der Waals surface area (Å²) in [6.45, 7) is 1.90. The number of nitrogens with one attached hydrogen (secondary N) is 1. The Morgan fingerprint density at radius 1 is 1.34 bits per heavy atom. The standard InChI is InChI=1S/C21H25FN4O5S.CH2O2/c1-30-11-10-25-13-16-8-9-21(14-25,20(27)24-28)26(16)32(29)18-6-7-19(23-12-18)31-17-4-2-15(22)3-5-17;2-1-3/h2-7,12,16,28H,8-11,13-14H2,1H3,(H,24,27);1H,(H,2,3). The second kappa shape index (κ2) is 12.1. The molecule has 35 heavy (non-hydrogen) atoms. The molecule has 1 amide bonds. The van der Waals surface area contributed by atoms with Crippen LogP contribution < -0.4 is 10.2 Å². The van der Waals surface area contributed by atoms with Gasteiger partial charge in [0.25, 0.3) is 12.4 Å². The summed E-state index contributed by atoms with van der Waals surface area (Å²) in [7, 11) is -0.0541. The van der Waals surface area contributed by atoms with Gasteiger partial charge >= 0.3 is 0 Å². The van der Waals surface area contributed by atoms with E-state index in [0.29, 0.717) is 49.7 Å². The van der Waals surface area contributed by atoms with Crippen LogP contribution in [0.2, 0.25) is 0 Å².